The van der Waals surface area contributed by atoms with Crippen LogP contribution in [0.25, 0.3) is 0 Å². The number of aromatic nitrogens is 2. The Labute approximate surface area is 161 Å². The molecule has 140 valence electrons. The molecule has 1 aromatic heterocycles. The van der Waals surface area contributed by atoms with Crippen molar-refractivity contribution in [2.45, 2.75) is 18.4 Å². The molecular formula is C18H16ClFN4O2S. The molecule has 9 heteroatoms. The van der Waals surface area contributed by atoms with Crippen LogP contribution in [-0.4, -0.2) is 24.4 Å². The molecule has 3 rings (SSSR count). The van der Waals surface area contributed by atoms with E-state index < -0.39 is 10.0 Å². The first-order chi connectivity index (χ1) is 12.9. The van der Waals surface area contributed by atoms with Gasteiger partial charge in [0.1, 0.15) is 11.0 Å². The molecule has 1 N–H and O–H groups in total. The Balaban J connectivity index is 1.76. The van der Waals surface area contributed by atoms with Crippen LogP contribution in [0.2, 0.25) is 5.15 Å². The monoisotopic (exact) mass is 406 g/mol. The van der Waals surface area contributed by atoms with Crippen LogP contribution in [0, 0.1) is 12.7 Å². The van der Waals surface area contributed by atoms with Crippen LogP contribution in [0.5, 0.6) is 0 Å². The summed E-state index contributed by atoms with van der Waals surface area (Å²) in [7, 11) is -3.76. The number of hydrogen-bond donors (Lipinski definition) is 1. The lowest BCUT2D eigenvalue weighted by Crippen LogP contribution is -2.18. The highest BCUT2D eigenvalue weighted by Crippen LogP contribution is 2.19. The standard InChI is InChI=1S/C18H16ClFN4O2S/c1-13-17(11-21-23-27(25,26)16-5-3-2-4-6-16)18(19)24(22-13)12-14-7-9-15(20)10-8-14/h2-11,23H,12H2,1H3/b21-11-. The van der Waals surface area contributed by atoms with Crippen molar-refractivity contribution in [2.24, 2.45) is 5.10 Å². The number of halogens is 2. The van der Waals surface area contributed by atoms with Crippen molar-refractivity contribution >= 4 is 27.8 Å². The van der Waals surface area contributed by atoms with E-state index in [4.69, 9.17) is 11.6 Å². The van der Waals surface area contributed by atoms with Gasteiger partial charge in [0.15, 0.2) is 0 Å². The molecule has 0 spiro atoms. The summed E-state index contributed by atoms with van der Waals surface area (Å²) in [6.45, 7) is 2.09. The molecule has 1 heterocycles. The summed E-state index contributed by atoms with van der Waals surface area (Å²) >= 11 is 6.34. The van der Waals surface area contributed by atoms with Gasteiger partial charge in [-0.05, 0) is 36.8 Å². The molecule has 0 bridgehead atoms. The fourth-order valence-electron chi connectivity index (χ4n) is 2.39. The van der Waals surface area contributed by atoms with Gasteiger partial charge in [0.2, 0.25) is 0 Å². The zero-order chi connectivity index (χ0) is 19.4. The molecule has 0 saturated carbocycles. The topological polar surface area (TPSA) is 76.3 Å². The van der Waals surface area contributed by atoms with Crippen LogP contribution >= 0.6 is 11.6 Å². The van der Waals surface area contributed by atoms with E-state index in [0.29, 0.717) is 23.0 Å². The van der Waals surface area contributed by atoms with Crippen molar-refractivity contribution < 1.29 is 12.8 Å². The molecule has 6 nitrogen and oxygen atoms in total. The Morgan fingerprint density at radius 1 is 1.19 bits per heavy atom. The van der Waals surface area contributed by atoms with E-state index in [1.165, 1.54) is 35.2 Å². The molecule has 0 radical (unpaired) electrons. The van der Waals surface area contributed by atoms with Gasteiger partial charge in [0.25, 0.3) is 10.0 Å². The molecule has 0 aliphatic heterocycles. The van der Waals surface area contributed by atoms with Gasteiger partial charge in [-0.15, -0.1) is 0 Å². The summed E-state index contributed by atoms with van der Waals surface area (Å²) in [4.78, 5) is 2.26. The van der Waals surface area contributed by atoms with Gasteiger partial charge >= 0.3 is 0 Å². The number of sulfonamides is 1. The first-order valence-corrected chi connectivity index (χ1v) is 9.80. The smallest absolute Gasteiger partial charge is 0.249 e. The van der Waals surface area contributed by atoms with Gasteiger partial charge in [-0.3, -0.25) is 0 Å². The van der Waals surface area contributed by atoms with E-state index in [2.05, 4.69) is 15.0 Å². The quantitative estimate of drug-likeness (QED) is 0.503. The first-order valence-electron chi connectivity index (χ1n) is 7.94. The maximum absolute atomic E-state index is 13.0. The van der Waals surface area contributed by atoms with E-state index in [1.807, 2.05) is 0 Å². The lowest BCUT2D eigenvalue weighted by molar-refractivity contribution is 0.584. The molecule has 0 atom stereocenters. The maximum Gasteiger partial charge on any atom is 0.276 e. The molecular weight excluding hydrogens is 391 g/mol. The van der Waals surface area contributed by atoms with E-state index in [1.54, 1.807) is 37.3 Å². The fraction of sp³-hybridized carbons (Fsp3) is 0.111. The normalized spacial score (nSPS) is 11.8. The predicted molar refractivity (Wildman–Crippen MR) is 102 cm³/mol. The highest BCUT2D eigenvalue weighted by molar-refractivity contribution is 7.89. The van der Waals surface area contributed by atoms with Crippen LogP contribution in [-0.2, 0) is 16.6 Å². The van der Waals surface area contributed by atoms with Crippen molar-refractivity contribution in [1.29, 1.82) is 0 Å². The van der Waals surface area contributed by atoms with E-state index in [9.17, 15) is 12.8 Å². The fourth-order valence-corrected chi connectivity index (χ4v) is 3.49. The second kappa shape index (κ2) is 7.89. The predicted octanol–water partition coefficient (Wildman–Crippen LogP) is 3.34. The third-order valence-electron chi connectivity index (χ3n) is 3.78. The Kier molecular flexibility index (Phi) is 5.57. The van der Waals surface area contributed by atoms with Gasteiger partial charge < -0.3 is 0 Å². The third kappa shape index (κ3) is 4.53. The summed E-state index contributed by atoms with van der Waals surface area (Å²) in [6.07, 6.45) is 1.31. The summed E-state index contributed by atoms with van der Waals surface area (Å²) in [6, 6.07) is 13.9. The summed E-state index contributed by atoms with van der Waals surface area (Å²) in [5, 5.41) is 8.42. The van der Waals surface area contributed by atoms with Crippen molar-refractivity contribution in [3.63, 3.8) is 0 Å². The van der Waals surface area contributed by atoms with Crippen LogP contribution in [0.15, 0.2) is 64.6 Å². The Bertz CT molecular complexity index is 1060. The number of benzene rings is 2. The average molecular weight is 407 g/mol. The molecule has 0 unspecified atom stereocenters. The van der Waals surface area contributed by atoms with Crippen LogP contribution in [0.4, 0.5) is 4.39 Å². The number of aryl methyl sites for hydroxylation is 1. The van der Waals surface area contributed by atoms with Gasteiger partial charge in [-0.2, -0.15) is 18.6 Å². The minimum Gasteiger partial charge on any atom is -0.249 e. The lowest BCUT2D eigenvalue weighted by atomic mass is 10.2. The SMILES string of the molecule is Cc1nn(Cc2ccc(F)cc2)c(Cl)c1/C=N\NS(=O)(=O)c1ccccc1. The van der Waals surface area contributed by atoms with Crippen molar-refractivity contribution in [1.82, 2.24) is 14.6 Å². The zero-order valence-electron chi connectivity index (χ0n) is 14.3. The minimum atomic E-state index is -3.76. The second-order valence-electron chi connectivity index (χ2n) is 5.74. The minimum absolute atomic E-state index is 0.108. The highest BCUT2D eigenvalue weighted by atomic mass is 35.5. The largest absolute Gasteiger partial charge is 0.276 e. The van der Waals surface area contributed by atoms with Crippen LogP contribution in [0.3, 0.4) is 0 Å². The molecule has 3 aromatic rings. The molecule has 2 aromatic carbocycles. The van der Waals surface area contributed by atoms with Gasteiger partial charge in [-0.25, -0.2) is 13.9 Å². The zero-order valence-corrected chi connectivity index (χ0v) is 15.9. The first kappa shape index (κ1) is 19.1. The molecule has 0 aliphatic carbocycles. The third-order valence-corrected chi connectivity index (χ3v) is 5.41. The summed E-state index contributed by atoms with van der Waals surface area (Å²) in [5.74, 6) is -0.319. The van der Waals surface area contributed by atoms with Crippen molar-refractivity contribution in [2.75, 3.05) is 0 Å². The van der Waals surface area contributed by atoms with Crippen molar-refractivity contribution in [3.05, 3.63) is 82.4 Å². The van der Waals surface area contributed by atoms with Crippen LogP contribution in [0.1, 0.15) is 16.8 Å². The Morgan fingerprint density at radius 3 is 2.52 bits per heavy atom. The van der Waals surface area contributed by atoms with Gasteiger partial charge in [0, 0.05) is 0 Å². The van der Waals surface area contributed by atoms with Gasteiger partial charge in [-0.1, -0.05) is 41.9 Å². The Hall–Kier alpha value is -2.71. The molecule has 0 fully saturated rings. The Morgan fingerprint density at radius 2 is 1.85 bits per heavy atom. The number of hydrogen-bond acceptors (Lipinski definition) is 4. The van der Waals surface area contributed by atoms with Gasteiger partial charge in [0.05, 0.1) is 28.9 Å². The lowest BCUT2D eigenvalue weighted by Gasteiger charge is -2.04. The van der Waals surface area contributed by atoms with E-state index >= 15 is 0 Å². The molecule has 0 aliphatic rings. The van der Waals surface area contributed by atoms with E-state index in [-0.39, 0.29) is 10.7 Å². The molecule has 0 amide bonds. The molecule has 0 saturated heterocycles. The average Bonchev–Trinajstić information content (AvgIpc) is 2.91. The van der Waals surface area contributed by atoms with E-state index in [0.717, 1.165) is 5.56 Å². The summed E-state index contributed by atoms with van der Waals surface area (Å²) in [5.41, 5.74) is 1.91. The number of hydrazone groups is 1. The van der Waals surface area contributed by atoms with Crippen LogP contribution < -0.4 is 4.83 Å². The number of nitrogens with one attached hydrogen (secondary N) is 1. The summed E-state index contributed by atoms with van der Waals surface area (Å²) < 4.78 is 38.9. The number of nitrogens with zero attached hydrogens (tertiary/aromatic N) is 3. The second-order valence-corrected chi connectivity index (χ2v) is 7.76. The molecule has 27 heavy (non-hydrogen) atoms. The maximum atomic E-state index is 13.0. The number of rotatable bonds is 6. The van der Waals surface area contributed by atoms with Crippen molar-refractivity contribution in [3.8, 4) is 0 Å². The highest BCUT2D eigenvalue weighted by Gasteiger charge is 2.14.